The van der Waals surface area contributed by atoms with Gasteiger partial charge in [0.2, 0.25) is 0 Å². The summed E-state index contributed by atoms with van der Waals surface area (Å²) in [5.74, 6) is -0.544. The maximum absolute atomic E-state index is 11.3. The molecular weight excluding hydrogens is 438 g/mol. The quantitative estimate of drug-likeness (QED) is 0.340. The van der Waals surface area contributed by atoms with Gasteiger partial charge in [-0.05, 0) is 25.0 Å². The fraction of sp³-hybridized carbons (Fsp3) is 0.571. The Morgan fingerprint density at radius 2 is 1.94 bits per heavy atom. The zero-order valence-electron chi connectivity index (χ0n) is 17.9. The van der Waals surface area contributed by atoms with Gasteiger partial charge in [-0.1, -0.05) is 5.16 Å². The SMILES string of the molecule is CC(=O)OC[C@H]1O[C@@H](OCc2noc(-c3ccc([N+](=O)[O-])cc3)n2)[C@@H]2OC3(CCCC3)O[C@@H]21. The third kappa shape index (κ3) is 4.47. The number of fused-ring (bicyclic) bond motifs is 1. The van der Waals surface area contributed by atoms with Gasteiger partial charge in [-0.2, -0.15) is 4.98 Å². The first-order valence-corrected chi connectivity index (χ1v) is 10.8. The second kappa shape index (κ2) is 8.78. The van der Waals surface area contributed by atoms with Crippen LogP contribution in [0.2, 0.25) is 0 Å². The molecule has 12 nitrogen and oxygen atoms in total. The Morgan fingerprint density at radius 3 is 2.64 bits per heavy atom. The van der Waals surface area contributed by atoms with E-state index in [-0.39, 0.29) is 30.6 Å². The Morgan fingerprint density at radius 1 is 1.21 bits per heavy atom. The van der Waals surface area contributed by atoms with Crippen molar-refractivity contribution in [1.29, 1.82) is 0 Å². The Bertz CT molecular complexity index is 1020. The van der Waals surface area contributed by atoms with Crippen molar-refractivity contribution >= 4 is 11.7 Å². The topological polar surface area (TPSA) is 145 Å². The largest absolute Gasteiger partial charge is 0.463 e. The number of ether oxygens (including phenoxy) is 5. The first kappa shape index (κ1) is 21.9. The number of carbonyl (C=O) groups excluding carboxylic acids is 1. The average molecular weight is 461 g/mol. The van der Waals surface area contributed by atoms with Crippen molar-refractivity contribution in [1.82, 2.24) is 10.1 Å². The van der Waals surface area contributed by atoms with Gasteiger partial charge in [0.15, 0.2) is 17.9 Å². The molecule has 176 valence electrons. The van der Waals surface area contributed by atoms with E-state index < -0.39 is 41.3 Å². The lowest BCUT2D eigenvalue weighted by molar-refractivity contribution is -0.384. The smallest absolute Gasteiger partial charge is 0.302 e. The molecule has 0 unspecified atom stereocenters. The molecule has 0 amide bonds. The number of esters is 1. The van der Waals surface area contributed by atoms with Crippen LogP contribution < -0.4 is 0 Å². The van der Waals surface area contributed by atoms with Crippen LogP contribution in [-0.4, -0.2) is 58.0 Å². The fourth-order valence-electron chi connectivity index (χ4n) is 4.41. The number of nitro groups is 1. The lowest BCUT2D eigenvalue weighted by Crippen LogP contribution is -2.34. The minimum absolute atomic E-state index is 0.0129. The summed E-state index contributed by atoms with van der Waals surface area (Å²) in [5, 5.41) is 14.7. The molecule has 12 heteroatoms. The van der Waals surface area contributed by atoms with Crippen molar-refractivity contribution in [3.05, 3.63) is 40.2 Å². The van der Waals surface area contributed by atoms with E-state index in [2.05, 4.69) is 10.1 Å². The number of nitrogens with zero attached hydrogens (tertiary/aromatic N) is 3. The summed E-state index contributed by atoms with van der Waals surface area (Å²) in [4.78, 5) is 25.9. The number of non-ortho nitro benzene ring substituents is 1. The van der Waals surface area contributed by atoms with Crippen molar-refractivity contribution in [3.63, 3.8) is 0 Å². The van der Waals surface area contributed by atoms with Crippen LogP contribution in [0.1, 0.15) is 38.4 Å². The molecule has 3 fully saturated rings. The summed E-state index contributed by atoms with van der Waals surface area (Å²) in [6, 6.07) is 5.79. The molecule has 1 aromatic carbocycles. The molecule has 1 spiro atoms. The lowest BCUT2D eigenvalue weighted by Gasteiger charge is -2.26. The number of rotatable bonds is 7. The third-order valence-corrected chi connectivity index (χ3v) is 5.96. The van der Waals surface area contributed by atoms with Crippen LogP contribution in [0, 0.1) is 10.1 Å². The van der Waals surface area contributed by atoms with Crippen LogP contribution in [0.15, 0.2) is 28.8 Å². The Balaban J connectivity index is 1.24. The maximum atomic E-state index is 11.3. The minimum atomic E-state index is -0.753. The van der Waals surface area contributed by atoms with Crippen LogP contribution >= 0.6 is 0 Å². The van der Waals surface area contributed by atoms with E-state index in [4.69, 9.17) is 28.2 Å². The molecule has 33 heavy (non-hydrogen) atoms. The molecule has 1 aliphatic carbocycles. The highest BCUT2D eigenvalue weighted by Crippen LogP contribution is 2.47. The number of nitro benzene ring substituents is 1. The van der Waals surface area contributed by atoms with Crippen LogP contribution in [0.3, 0.4) is 0 Å². The summed E-state index contributed by atoms with van der Waals surface area (Å²) in [6.07, 6.45) is 1.51. The normalized spacial score (nSPS) is 27.7. The molecule has 0 bridgehead atoms. The van der Waals surface area contributed by atoms with Gasteiger partial charge in [-0.25, -0.2) is 0 Å². The summed E-state index contributed by atoms with van der Waals surface area (Å²) in [5.41, 5.74) is 0.519. The number of aromatic nitrogens is 2. The van der Waals surface area contributed by atoms with Crippen molar-refractivity contribution < 1.29 is 37.9 Å². The van der Waals surface area contributed by atoms with E-state index in [9.17, 15) is 14.9 Å². The highest BCUT2D eigenvalue weighted by molar-refractivity contribution is 5.65. The van der Waals surface area contributed by atoms with Gasteiger partial charge < -0.3 is 28.2 Å². The molecule has 2 saturated heterocycles. The van der Waals surface area contributed by atoms with Crippen LogP contribution in [0.5, 0.6) is 0 Å². The Hall–Kier alpha value is -2.93. The second-order valence-corrected chi connectivity index (χ2v) is 8.26. The second-order valence-electron chi connectivity index (χ2n) is 8.26. The Labute approximate surface area is 188 Å². The zero-order valence-corrected chi connectivity index (χ0v) is 17.9. The van der Waals surface area contributed by atoms with Crippen LogP contribution in [0.25, 0.3) is 11.5 Å². The number of hydrogen-bond donors (Lipinski definition) is 0. The molecule has 5 rings (SSSR count). The molecule has 3 aliphatic rings. The standard InChI is InChI=1S/C21H23N3O9/c1-12(25)28-10-15-17-18(32-21(31-17)8-2-3-9-21)20(30-15)29-11-16-22-19(33-23-16)13-4-6-14(7-5-13)24(26)27/h4-7,15,17-18,20H,2-3,8-11H2,1H3/t15-,17-,18-,20-/m1/s1. The van der Waals surface area contributed by atoms with E-state index in [0.717, 1.165) is 25.7 Å². The molecule has 1 saturated carbocycles. The van der Waals surface area contributed by atoms with E-state index in [1.807, 2.05) is 0 Å². The molecule has 4 atom stereocenters. The fourth-order valence-corrected chi connectivity index (χ4v) is 4.41. The first-order chi connectivity index (χ1) is 15.9. The van der Waals surface area contributed by atoms with Gasteiger partial charge in [0.25, 0.3) is 11.6 Å². The predicted molar refractivity (Wildman–Crippen MR) is 107 cm³/mol. The lowest BCUT2D eigenvalue weighted by atomic mass is 10.1. The Kier molecular flexibility index (Phi) is 5.83. The van der Waals surface area contributed by atoms with Crippen molar-refractivity contribution in [2.45, 2.75) is 69.6 Å². The van der Waals surface area contributed by atoms with Gasteiger partial charge in [0.05, 0.1) is 4.92 Å². The van der Waals surface area contributed by atoms with E-state index >= 15 is 0 Å². The van der Waals surface area contributed by atoms with Gasteiger partial charge in [-0.3, -0.25) is 14.9 Å². The molecule has 3 heterocycles. The van der Waals surface area contributed by atoms with Crippen molar-refractivity contribution in [2.24, 2.45) is 0 Å². The maximum Gasteiger partial charge on any atom is 0.302 e. The summed E-state index contributed by atoms with van der Waals surface area (Å²) < 4.78 is 34.7. The molecule has 0 N–H and O–H groups in total. The van der Waals surface area contributed by atoms with E-state index in [1.165, 1.54) is 31.2 Å². The highest BCUT2D eigenvalue weighted by Gasteiger charge is 2.59. The first-order valence-electron chi connectivity index (χ1n) is 10.8. The number of carbonyl (C=O) groups is 1. The average Bonchev–Trinajstić information content (AvgIpc) is 3.57. The molecule has 2 aliphatic heterocycles. The number of benzene rings is 1. The minimum Gasteiger partial charge on any atom is -0.463 e. The molecule has 0 radical (unpaired) electrons. The third-order valence-electron chi connectivity index (χ3n) is 5.96. The highest BCUT2D eigenvalue weighted by atomic mass is 16.8. The molecular formula is C21H23N3O9. The van der Waals surface area contributed by atoms with Gasteiger partial charge >= 0.3 is 5.97 Å². The monoisotopic (exact) mass is 461 g/mol. The van der Waals surface area contributed by atoms with Crippen molar-refractivity contribution in [2.75, 3.05) is 6.61 Å². The molecule has 2 aromatic rings. The summed E-state index contributed by atoms with van der Waals surface area (Å²) in [7, 11) is 0. The van der Waals surface area contributed by atoms with Crippen molar-refractivity contribution in [3.8, 4) is 11.5 Å². The van der Waals surface area contributed by atoms with Gasteiger partial charge in [-0.15, -0.1) is 0 Å². The van der Waals surface area contributed by atoms with E-state index in [1.54, 1.807) is 0 Å². The summed E-state index contributed by atoms with van der Waals surface area (Å²) in [6.45, 7) is 1.37. The zero-order chi connectivity index (χ0) is 23.0. The van der Waals surface area contributed by atoms with Crippen LogP contribution in [-0.2, 0) is 35.1 Å². The van der Waals surface area contributed by atoms with E-state index in [0.29, 0.717) is 5.56 Å². The molecule has 1 aromatic heterocycles. The van der Waals surface area contributed by atoms with Crippen LogP contribution in [0.4, 0.5) is 5.69 Å². The number of hydrogen-bond acceptors (Lipinski definition) is 11. The van der Waals surface area contributed by atoms with Gasteiger partial charge in [0.1, 0.15) is 31.5 Å². The summed E-state index contributed by atoms with van der Waals surface area (Å²) >= 11 is 0. The predicted octanol–water partition coefficient (Wildman–Crippen LogP) is 2.50. The van der Waals surface area contributed by atoms with Gasteiger partial charge in [0, 0.05) is 37.5 Å².